The molecule has 0 aromatic carbocycles. The number of hydrogen-bond donors (Lipinski definition) is 2. The van der Waals surface area contributed by atoms with Crippen molar-refractivity contribution in [2.75, 3.05) is 44.2 Å². The fraction of sp³-hybridized carbons (Fsp3) is 0.800. The molecular formula is C20H36N6S. The molecule has 2 aliphatic rings. The molecule has 1 saturated heterocycles. The van der Waals surface area contributed by atoms with Gasteiger partial charge in [0, 0.05) is 62.2 Å². The van der Waals surface area contributed by atoms with Crippen LogP contribution in [0.15, 0.2) is 23.5 Å². The Labute approximate surface area is 168 Å². The molecule has 3 rings (SSSR count). The third-order valence-corrected chi connectivity index (χ3v) is 6.70. The first kappa shape index (κ1) is 20.5. The van der Waals surface area contributed by atoms with Crippen LogP contribution in [0.4, 0.5) is 0 Å². The van der Waals surface area contributed by atoms with Crippen LogP contribution >= 0.6 is 11.8 Å². The summed E-state index contributed by atoms with van der Waals surface area (Å²) in [5, 5.41) is 11.2. The smallest absolute Gasteiger partial charge is 0.191 e. The van der Waals surface area contributed by atoms with Crippen molar-refractivity contribution in [3.8, 4) is 0 Å². The number of nitrogens with one attached hydrogen (secondary N) is 2. The molecule has 1 aliphatic heterocycles. The third kappa shape index (κ3) is 6.14. The number of aryl methyl sites for hydroxylation is 1. The predicted molar refractivity (Wildman–Crippen MR) is 116 cm³/mol. The Morgan fingerprint density at radius 1 is 1.19 bits per heavy atom. The summed E-state index contributed by atoms with van der Waals surface area (Å²) in [5.74, 6) is 3.52. The molecule has 1 aromatic heterocycles. The van der Waals surface area contributed by atoms with Crippen LogP contribution in [-0.4, -0.2) is 70.4 Å². The molecule has 0 atom stereocenters. The largest absolute Gasteiger partial charge is 0.357 e. The van der Waals surface area contributed by atoms with Crippen molar-refractivity contribution in [2.24, 2.45) is 4.99 Å². The number of aliphatic imine (C=N–C) groups is 1. The van der Waals surface area contributed by atoms with Gasteiger partial charge in [-0.1, -0.05) is 19.3 Å². The topological polar surface area (TPSA) is 57.5 Å². The monoisotopic (exact) mass is 392 g/mol. The average molecular weight is 393 g/mol. The second-order valence-electron chi connectivity index (χ2n) is 7.63. The van der Waals surface area contributed by atoms with E-state index in [1.807, 2.05) is 23.1 Å². The van der Waals surface area contributed by atoms with E-state index >= 15 is 0 Å². The first-order valence-corrected chi connectivity index (χ1v) is 11.8. The van der Waals surface area contributed by atoms with E-state index in [-0.39, 0.29) is 5.54 Å². The minimum atomic E-state index is 0.288. The van der Waals surface area contributed by atoms with Crippen LogP contribution in [0.5, 0.6) is 0 Å². The Bertz CT molecular complexity index is 547. The molecule has 0 bridgehead atoms. The van der Waals surface area contributed by atoms with Crippen molar-refractivity contribution in [3.63, 3.8) is 0 Å². The molecule has 2 N–H and O–H groups in total. The Morgan fingerprint density at radius 3 is 2.70 bits per heavy atom. The Kier molecular flexibility index (Phi) is 8.33. The van der Waals surface area contributed by atoms with Crippen molar-refractivity contribution in [1.29, 1.82) is 0 Å². The Hall–Kier alpha value is -1.21. The molecule has 0 radical (unpaired) electrons. The van der Waals surface area contributed by atoms with Crippen LogP contribution in [0.2, 0.25) is 0 Å². The van der Waals surface area contributed by atoms with Gasteiger partial charge in [-0.25, -0.2) is 0 Å². The quantitative estimate of drug-likeness (QED) is 0.405. The second kappa shape index (κ2) is 11.0. The number of aromatic nitrogens is 2. The van der Waals surface area contributed by atoms with Gasteiger partial charge in [0.25, 0.3) is 0 Å². The molecule has 2 fully saturated rings. The van der Waals surface area contributed by atoms with Crippen molar-refractivity contribution in [3.05, 3.63) is 18.5 Å². The van der Waals surface area contributed by atoms with Gasteiger partial charge in [0.2, 0.25) is 0 Å². The molecule has 0 unspecified atom stereocenters. The Balaban J connectivity index is 1.55. The van der Waals surface area contributed by atoms with Gasteiger partial charge in [-0.05, 0) is 32.3 Å². The average Bonchev–Trinajstić information content (AvgIpc) is 3.24. The molecule has 6 nitrogen and oxygen atoms in total. The van der Waals surface area contributed by atoms with Crippen molar-refractivity contribution >= 4 is 17.7 Å². The summed E-state index contributed by atoms with van der Waals surface area (Å²) >= 11 is 2.10. The van der Waals surface area contributed by atoms with Crippen molar-refractivity contribution < 1.29 is 0 Å². The highest BCUT2D eigenvalue weighted by atomic mass is 32.2. The number of thioether (sulfide) groups is 1. The van der Waals surface area contributed by atoms with E-state index in [1.54, 1.807) is 0 Å². The molecule has 1 aliphatic carbocycles. The zero-order chi connectivity index (χ0) is 18.8. The van der Waals surface area contributed by atoms with Crippen LogP contribution in [0, 0.1) is 0 Å². The molecule has 27 heavy (non-hydrogen) atoms. The van der Waals surface area contributed by atoms with E-state index < -0.39 is 0 Å². The van der Waals surface area contributed by atoms with E-state index in [9.17, 15) is 0 Å². The van der Waals surface area contributed by atoms with E-state index in [4.69, 9.17) is 4.99 Å². The molecule has 1 saturated carbocycles. The Morgan fingerprint density at radius 2 is 2.00 bits per heavy atom. The van der Waals surface area contributed by atoms with Gasteiger partial charge in [0.1, 0.15) is 0 Å². The summed E-state index contributed by atoms with van der Waals surface area (Å²) in [5.41, 5.74) is 0.288. The summed E-state index contributed by atoms with van der Waals surface area (Å²) in [6.45, 7) is 8.28. The van der Waals surface area contributed by atoms with E-state index in [0.717, 1.165) is 38.6 Å². The first-order chi connectivity index (χ1) is 13.3. The highest BCUT2D eigenvalue weighted by Crippen LogP contribution is 2.35. The lowest BCUT2D eigenvalue weighted by Crippen LogP contribution is -2.55. The van der Waals surface area contributed by atoms with Crippen LogP contribution in [-0.2, 0) is 6.54 Å². The van der Waals surface area contributed by atoms with Crippen LogP contribution < -0.4 is 10.6 Å². The lowest BCUT2D eigenvalue weighted by atomic mass is 9.80. The van der Waals surface area contributed by atoms with Crippen molar-refractivity contribution in [2.45, 2.75) is 57.5 Å². The van der Waals surface area contributed by atoms with Gasteiger partial charge in [0.15, 0.2) is 5.96 Å². The zero-order valence-electron chi connectivity index (χ0n) is 16.8. The van der Waals surface area contributed by atoms with Crippen LogP contribution in [0.25, 0.3) is 0 Å². The number of rotatable bonds is 8. The summed E-state index contributed by atoms with van der Waals surface area (Å²) in [7, 11) is 0. The molecule has 0 spiro atoms. The van der Waals surface area contributed by atoms with Crippen LogP contribution in [0.3, 0.4) is 0 Å². The third-order valence-electron chi connectivity index (χ3n) is 5.76. The van der Waals surface area contributed by atoms with Crippen LogP contribution in [0.1, 0.15) is 45.4 Å². The SMILES string of the molecule is CCNC(=NCC1(N2CCSCC2)CCCCC1)NCCCn1cccn1. The molecule has 0 amide bonds. The zero-order valence-corrected chi connectivity index (χ0v) is 17.6. The maximum absolute atomic E-state index is 5.04. The summed E-state index contributed by atoms with van der Waals surface area (Å²) in [6.07, 6.45) is 11.6. The van der Waals surface area contributed by atoms with Gasteiger partial charge in [-0.3, -0.25) is 14.6 Å². The summed E-state index contributed by atoms with van der Waals surface area (Å²) in [6, 6.07) is 1.97. The van der Waals surface area contributed by atoms with Gasteiger partial charge in [-0.2, -0.15) is 16.9 Å². The standard InChI is InChI=1S/C20H36N6S/c1-2-21-19(22-10-6-12-26-13-7-11-24-26)23-18-20(8-4-3-5-9-20)25-14-16-27-17-15-25/h7,11,13H,2-6,8-10,12,14-18H2,1H3,(H2,21,22,23). The number of hydrogen-bond acceptors (Lipinski definition) is 4. The van der Waals surface area contributed by atoms with Gasteiger partial charge in [0.05, 0.1) is 6.54 Å². The highest BCUT2D eigenvalue weighted by molar-refractivity contribution is 7.99. The maximum atomic E-state index is 5.04. The summed E-state index contributed by atoms with van der Waals surface area (Å²) in [4.78, 5) is 7.80. The normalized spacial score (nSPS) is 21.1. The lowest BCUT2D eigenvalue weighted by molar-refractivity contribution is 0.0672. The fourth-order valence-electron chi connectivity index (χ4n) is 4.27. The maximum Gasteiger partial charge on any atom is 0.191 e. The molecule has 7 heteroatoms. The first-order valence-electron chi connectivity index (χ1n) is 10.6. The molecule has 152 valence electrons. The molecular weight excluding hydrogens is 356 g/mol. The van der Waals surface area contributed by atoms with E-state index in [0.29, 0.717) is 0 Å². The van der Waals surface area contributed by atoms with Gasteiger partial charge >= 0.3 is 0 Å². The lowest BCUT2D eigenvalue weighted by Gasteiger charge is -2.47. The predicted octanol–water partition coefficient (Wildman–Crippen LogP) is 2.58. The van der Waals surface area contributed by atoms with Gasteiger partial charge in [-0.15, -0.1) is 0 Å². The van der Waals surface area contributed by atoms with E-state index in [2.05, 4.69) is 39.3 Å². The minimum Gasteiger partial charge on any atom is -0.357 e. The number of guanidine groups is 1. The van der Waals surface area contributed by atoms with Gasteiger partial charge < -0.3 is 10.6 Å². The van der Waals surface area contributed by atoms with E-state index in [1.165, 1.54) is 56.7 Å². The fourth-order valence-corrected chi connectivity index (χ4v) is 5.17. The number of nitrogens with zero attached hydrogens (tertiary/aromatic N) is 4. The molecule has 1 aromatic rings. The highest BCUT2D eigenvalue weighted by Gasteiger charge is 2.38. The minimum absolute atomic E-state index is 0.288. The molecule has 2 heterocycles. The summed E-state index contributed by atoms with van der Waals surface area (Å²) < 4.78 is 1.98. The second-order valence-corrected chi connectivity index (χ2v) is 8.85. The van der Waals surface area contributed by atoms with Crippen molar-refractivity contribution in [1.82, 2.24) is 25.3 Å².